The van der Waals surface area contributed by atoms with Crippen LogP contribution in [0.2, 0.25) is 0 Å². The molecule has 1 saturated heterocycles. The lowest BCUT2D eigenvalue weighted by atomic mass is 9.99. The second kappa shape index (κ2) is 8.12. The molecule has 0 spiro atoms. The number of nitrogens with zero attached hydrogens (tertiary/aromatic N) is 2. The molecule has 0 aromatic carbocycles. The summed E-state index contributed by atoms with van der Waals surface area (Å²) in [5.74, 6) is 0.936. The van der Waals surface area contributed by atoms with Crippen LogP contribution in [0.4, 0.5) is 0 Å². The van der Waals surface area contributed by atoms with Crippen molar-refractivity contribution in [2.24, 2.45) is 5.92 Å². The zero-order valence-corrected chi connectivity index (χ0v) is 11.6. The molecule has 2 nitrogen and oxygen atoms in total. The van der Waals surface area contributed by atoms with Gasteiger partial charge in [0.2, 0.25) is 0 Å². The van der Waals surface area contributed by atoms with E-state index in [1.165, 1.54) is 32.6 Å². The van der Waals surface area contributed by atoms with E-state index in [4.69, 9.17) is 0 Å². The fourth-order valence-electron chi connectivity index (χ4n) is 1.85. The lowest BCUT2D eigenvalue weighted by Crippen LogP contribution is -2.50. The minimum absolute atomic E-state index is 0.783. The van der Waals surface area contributed by atoms with E-state index in [0.29, 0.717) is 0 Å². The maximum atomic E-state index is 2.59. The van der Waals surface area contributed by atoms with Crippen LogP contribution in [0.1, 0.15) is 41.0 Å². The van der Waals surface area contributed by atoms with Gasteiger partial charge < -0.3 is 4.90 Å². The van der Waals surface area contributed by atoms with Crippen molar-refractivity contribution in [3.05, 3.63) is 0 Å². The van der Waals surface area contributed by atoms with Crippen LogP contribution in [-0.4, -0.2) is 49.1 Å². The predicted octanol–water partition coefficient (Wildman–Crippen LogP) is 2.69. The number of likely N-dealkylation sites (tertiary alicyclic amines) is 1. The van der Waals surface area contributed by atoms with E-state index in [1.807, 2.05) is 13.8 Å². The van der Waals surface area contributed by atoms with E-state index in [2.05, 4.69) is 37.6 Å². The normalized spacial score (nSPS) is 19.4. The molecule has 0 radical (unpaired) electrons. The third-order valence-corrected chi connectivity index (χ3v) is 3.18. The van der Waals surface area contributed by atoms with Crippen molar-refractivity contribution in [2.45, 2.75) is 47.1 Å². The van der Waals surface area contributed by atoms with Gasteiger partial charge in [-0.05, 0) is 39.4 Å². The lowest BCUT2D eigenvalue weighted by molar-refractivity contribution is 0.0623. The van der Waals surface area contributed by atoms with Crippen molar-refractivity contribution in [3.63, 3.8) is 0 Å². The zero-order chi connectivity index (χ0) is 11.8. The molecule has 1 unspecified atom stereocenters. The smallest absolute Gasteiger partial charge is 0.00793 e. The van der Waals surface area contributed by atoms with E-state index >= 15 is 0 Å². The second-order valence-electron chi connectivity index (χ2n) is 4.59. The van der Waals surface area contributed by atoms with Crippen molar-refractivity contribution in [1.29, 1.82) is 0 Å². The Morgan fingerprint density at radius 3 is 2.27 bits per heavy atom. The number of hydrogen-bond acceptors (Lipinski definition) is 2. The van der Waals surface area contributed by atoms with E-state index < -0.39 is 0 Å². The van der Waals surface area contributed by atoms with Gasteiger partial charge in [-0.1, -0.05) is 27.7 Å². The fourth-order valence-corrected chi connectivity index (χ4v) is 1.85. The fraction of sp³-hybridized carbons (Fsp3) is 1.00. The largest absolute Gasteiger partial charge is 0.307 e. The van der Waals surface area contributed by atoms with Gasteiger partial charge >= 0.3 is 0 Å². The molecule has 1 atom stereocenters. The van der Waals surface area contributed by atoms with Crippen LogP contribution in [0.15, 0.2) is 0 Å². The Morgan fingerprint density at radius 2 is 1.87 bits per heavy atom. The SMILES string of the molecule is CC.CCN(C)CCC(C)N1CC(C)C1. The minimum atomic E-state index is 0.783. The van der Waals surface area contributed by atoms with Gasteiger partial charge in [-0.2, -0.15) is 0 Å². The summed E-state index contributed by atoms with van der Waals surface area (Å²) < 4.78 is 0. The van der Waals surface area contributed by atoms with Crippen LogP contribution in [0.25, 0.3) is 0 Å². The van der Waals surface area contributed by atoms with Crippen LogP contribution in [0.3, 0.4) is 0 Å². The zero-order valence-electron chi connectivity index (χ0n) is 11.6. The maximum Gasteiger partial charge on any atom is 0.00793 e. The van der Waals surface area contributed by atoms with Crippen LogP contribution < -0.4 is 0 Å². The van der Waals surface area contributed by atoms with Crippen LogP contribution in [0.5, 0.6) is 0 Å². The molecule has 2 heteroatoms. The van der Waals surface area contributed by atoms with Crippen LogP contribution >= 0.6 is 0 Å². The van der Waals surface area contributed by atoms with Gasteiger partial charge in [-0.25, -0.2) is 0 Å². The summed E-state index contributed by atoms with van der Waals surface area (Å²) >= 11 is 0. The third-order valence-electron chi connectivity index (χ3n) is 3.18. The van der Waals surface area contributed by atoms with E-state index in [0.717, 1.165) is 12.0 Å². The molecule has 0 N–H and O–H groups in total. The highest BCUT2D eigenvalue weighted by atomic mass is 15.2. The highest BCUT2D eigenvalue weighted by Gasteiger charge is 2.26. The van der Waals surface area contributed by atoms with Crippen molar-refractivity contribution in [3.8, 4) is 0 Å². The second-order valence-corrected chi connectivity index (χ2v) is 4.59. The number of rotatable bonds is 5. The summed E-state index contributed by atoms with van der Waals surface area (Å²) in [5.41, 5.74) is 0. The van der Waals surface area contributed by atoms with Crippen LogP contribution in [0, 0.1) is 5.92 Å². The van der Waals surface area contributed by atoms with E-state index in [9.17, 15) is 0 Å². The summed E-state index contributed by atoms with van der Waals surface area (Å²) in [6.45, 7) is 16.0. The molecule has 1 rings (SSSR count). The van der Waals surface area contributed by atoms with Crippen molar-refractivity contribution >= 4 is 0 Å². The first-order valence-corrected chi connectivity index (χ1v) is 6.56. The first-order chi connectivity index (χ1) is 7.13. The highest BCUT2D eigenvalue weighted by Crippen LogP contribution is 2.19. The van der Waals surface area contributed by atoms with Crippen molar-refractivity contribution < 1.29 is 0 Å². The van der Waals surface area contributed by atoms with Gasteiger partial charge in [0.05, 0.1) is 0 Å². The van der Waals surface area contributed by atoms with E-state index in [-0.39, 0.29) is 0 Å². The number of hydrogen-bond donors (Lipinski definition) is 0. The average molecular weight is 214 g/mol. The molecule has 0 amide bonds. The van der Waals surface area contributed by atoms with Gasteiger partial charge in [-0.15, -0.1) is 0 Å². The molecule has 1 aliphatic rings. The maximum absolute atomic E-state index is 2.59. The summed E-state index contributed by atoms with van der Waals surface area (Å²) in [7, 11) is 2.20. The van der Waals surface area contributed by atoms with Gasteiger partial charge in [0, 0.05) is 19.1 Å². The minimum Gasteiger partial charge on any atom is -0.307 e. The first kappa shape index (κ1) is 14.9. The molecule has 15 heavy (non-hydrogen) atoms. The Balaban J connectivity index is 0.000000921. The summed E-state index contributed by atoms with van der Waals surface area (Å²) in [6, 6.07) is 0.783. The Kier molecular flexibility index (Phi) is 8.07. The standard InChI is InChI=1S/C11H24N2.C2H6/c1-5-12(4)7-6-11(3)13-8-10(2)9-13;1-2/h10-11H,5-9H2,1-4H3;1-2H3. The van der Waals surface area contributed by atoms with Gasteiger partial charge in [-0.3, -0.25) is 4.90 Å². The molecule has 0 aromatic heterocycles. The molecular formula is C13H30N2. The molecule has 92 valence electrons. The van der Waals surface area contributed by atoms with Gasteiger partial charge in [0.1, 0.15) is 0 Å². The third kappa shape index (κ3) is 5.53. The lowest BCUT2D eigenvalue weighted by Gasteiger charge is -2.42. The molecule has 0 aliphatic carbocycles. The monoisotopic (exact) mass is 214 g/mol. The van der Waals surface area contributed by atoms with Gasteiger partial charge in [0.25, 0.3) is 0 Å². The molecule has 1 aliphatic heterocycles. The summed E-state index contributed by atoms with van der Waals surface area (Å²) in [4.78, 5) is 4.98. The summed E-state index contributed by atoms with van der Waals surface area (Å²) in [6.07, 6.45) is 1.32. The van der Waals surface area contributed by atoms with Gasteiger partial charge in [0.15, 0.2) is 0 Å². The Bertz CT molecular complexity index is 141. The molecule has 1 heterocycles. The quantitative estimate of drug-likeness (QED) is 0.694. The summed E-state index contributed by atoms with van der Waals surface area (Å²) in [5, 5.41) is 0. The molecule has 0 saturated carbocycles. The van der Waals surface area contributed by atoms with E-state index in [1.54, 1.807) is 0 Å². The topological polar surface area (TPSA) is 6.48 Å². The highest BCUT2D eigenvalue weighted by molar-refractivity contribution is 4.81. The van der Waals surface area contributed by atoms with Crippen LogP contribution in [-0.2, 0) is 0 Å². The van der Waals surface area contributed by atoms with Crippen molar-refractivity contribution in [2.75, 3.05) is 33.2 Å². The predicted molar refractivity (Wildman–Crippen MR) is 69.3 cm³/mol. The van der Waals surface area contributed by atoms with Crippen molar-refractivity contribution in [1.82, 2.24) is 9.80 Å². The first-order valence-electron chi connectivity index (χ1n) is 6.56. The molecule has 0 bridgehead atoms. The molecule has 0 aromatic rings. The molecule has 1 fully saturated rings. The molecular weight excluding hydrogens is 184 g/mol. The Hall–Kier alpha value is -0.0800. The average Bonchev–Trinajstić information content (AvgIpc) is 2.23. The Labute approximate surface area is 96.6 Å². The Morgan fingerprint density at radius 1 is 1.33 bits per heavy atom.